The van der Waals surface area contributed by atoms with Crippen LogP contribution in [0, 0.1) is 5.41 Å². The number of piperidine rings is 1. The summed E-state index contributed by atoms with van der Waals surface area (Å²) in [4.78, 5) is 15.7. The molecule has 5 fully saturated rings. The first kappa shape index (κ1) is 13.7. The average Bonchev–Trinajstić information content (AvgIpc) is 3.16. The fraction of sp³-hybridized carbons (Fsp3) is 0.650. The molecule has 2 saturated heterocycles. The number of methoxy groups -OCH3 is 1. The number of Topliss-reactive ketones (excluding diaryl/α,β-unsaturated/α-hetero) is 1. The lowest BCUT2D eigenvalue weighted by atomic mass is 9.41. The van der Waals surface area contributed by atoms with E-state index in [0.717, 1.165) is 50.9 Å². The van der Waals surface area contributed by atoms with Gasteiger partial charge < -0.3 is 10.1 Å². The number of benzene rings is 1. The minimum absolute atomic E-state index is 0.0805. The average molecular weight is 324 g/mol. The molecule has 3 aliphatic carbocycles. The fourth-order valence-electron chi connectivity index (χ4n) is 7.45. The third-order valence-corrected chi connectivity index (χ3v) is 8.27. The zero-order valence-electron chi connectivity index (χ0n) is 14.2. The highest BCUT2D eigenvalue weighted by molar-refractivity contribution is 5.89. The van der Waals surface area contributed by atoms with Crippen molar-refractivity contribution in [2.45, 2.75) is 55.5 Å². The normalized spacial score (nSPS) is 44.7. The summed E-state index contributed by atoms with van der Waals surface area (Å²) in [6, 6.07) is 6.90. The molecular weight excluding hydrogens is 300 g/mol. The lowest BCUT2D eigenvalue weighted by Crippen LogP contribution is -2.74. The van der Waals surface area contributed by atoms with Gasteiger partial charge in [0.25, 0.3) is 0 Å². The Balaban J connectivity index is 1.66. The number of fused-ring (bicyclic) bond motifs is 3. The summed E-state index contributed by atoms with van der Waals surface area (Å²) in [6.07, 6.45) is 6.33. The van der Waals surface area contributed by atoms with E-state index >= 15 is 0 Å². The minimum atomic E-state index is -0.0805. The number of hydrogen-bond acceptors (Lipinski definition) is 4. The van der Waals surface area contributed by atoms with Crippen LogP contribution in [0.1, 0.15) is 44.1 Å². The van der Waals surface area contributed by atoms with E-state index in [2.05, 4.69) is 28.4 Å². The first-order valence-corrected chi connectivity index (χ1v) is 9.40. The maximum atomic E-state index is 13.1. The molecule has 126 valence electrons. The molecule has 0 amide bonds. The van der Waals surface area contributed by atoms with E-state index < -0.39 is 0 Å². The van der Waals surface area contributed by atoms with Crippen LogP contribution >= 0.6 is 0 Å². The number of ether oxygens (including phenoxy) is 1. The predicted octanol–water partition coefficient (Wildman–Crippen LogP) is 2.72. The highest BCUT2D eigenvalue weighted by Crippen LogP contribution is 2.72. The molecular formula is C20H24N2O2. The number of para-hydroxylation sites is 1. The Morgan fingerprint density at radius 3 is 2.79 bits per heavy atom. The first-order chi connectivity index (χ1) is 11.7. The highest BCUT2D eigenvalue weighted by Gasteiger charge is 2.77. The summed E-state index contributed by atoms with van der Waals surface area (Å²) in [6.45, 7) is 2.10. The summed E-state index contributed by atoms with van der Waals surface area (Å²) in [7, 11) is 1.76. The van der Waals surface area contributed by atoms with Crippen LogP contribution in [0.3, 0.4) is 0 Å². The Hall–Kier alpha value is -1.55. The van der Waals surface area contributed by atoms with Gasteiger partial charge in [-0.2, -0.15) is 0 Å². The van der Waals surface area contributed by atoms with Gasteiger partial charge in [-0.15, -0.1) is 0 Å². The summed E-state index contributed by atoms with van der Waals surface area (Å²) in [5.74, 6) is 1.51. The molecule has 6 aliphatic rings. The molecule has 0 aromatic heterocycles. The Morgan fingerprint density at radius 2 is 2.00 bits per heavy atom. The van der Waals surface area contributed by atoms with Crippen molar-refractivity contribution in [3.63, 3.8) is 0 Å². The van der Waals surface area contributed by atoms with Gasteiger partial charge >= 0.3 is 0 Å². The van der Waals surface area contributed by atoms with Crippen LogP contribution in [0.5, 0.6) is 5.75 Å². The topological polar surface area (TPSA) is 41.6 Å². The molecule has 3 spiro atoms. The minimum Gasteiger partial charge on any atom is -0.495 e. The molecule has 4 heteroatoms. The zero-order chi connectivity index (χ0) is 16.2. The number of nitrogens with one attached hydrogen (secondary N) is 1. The summed E-state index contributed by atoms with van der Waals surface area (Å²) >= 11 is 0. The first-order valence-electron chi connectivity index (χ1n) is 9.40. The van der Waals surface area contributed by atoms with Crippen molar-refractivity contribution in [2.24, 2.45) is 5.41 Å². The molecule has 24 heavy (non-hydrogen) atoms. The highest BCUT2D eigenvalue weighted by atomic mass is 16.5. The van der Waals surface area contributed by atoms with Crippen LogP contribution in [0.2, 0.25) is 0 Å². The second-order valence-electron chi connectivity index (χ2n) is 8.58. The van der Waals surface area contributed by atoms with Crippen LogP contribution in [0.4, 0.5) is 5.69 Å². The van der Waals surface area contributed by atoms with Crippen molar-refractivity contribution in [3.8, 4) is 5.75 Å². The van der Waals surface area contributed by atoms with Crippen LogP contribution in [-0.2, 0) is 10.2 Å². The van der Waals surface area contributed by atoms with E-state index in [0.29, 0.717) is 11.8 Å². The fourth-order valence-corrected chi connectivity index (χ4v) is 7.45. The monoisotopic (exact) mass is 324 g/mol. The second kappa shape index (κ2) is 3.98. The van der Waals surface area contributed by atoms with Crippen LogP contribution in [0.25, 0.3) is 0 Å². The van der Waals surface area contributed by atoms with Gasteiger partial charge in [0, 0.05) is 35.4 Å². The van der Waals surface area contributed by atoms with Crippen molar-refractivity contribution < 1.29 is 9.53 Å². The van der Waals surface area contributed by atoms with Gasteiger partial charge in [-0.25, -0.2) is 0 Å². The molecule has 0 radical (unpaired) electrons. The Morgan fingerprint density at radius 1 is 1.17 bits per heavy atom. The number of hydrogen-bond donors (Lipinski definition) is 1. The van der Waals surface area contributed by atoms with Crippen molar-refractivity contribution in [2.75, 3.05) is 25.5 Å². The van der Waals surface area contributed by atoms with E-state index in [1.165, 1.54) is 17.7 Å². The number of nitrogens with zero attached hydrogens (tertiary/aromatic N) is 1. The number of carbonyl (C=O) groups is 1. The molecule has 2 atom stereocenters. The largest absolute Gasteiger partial charge is 0.495 e. The maximum Gasteiger partial charge on any atom is 0.142 e. The summed E-state index contributed by atoms with van der Waals surface area (Å²) in [5, 5.41) is 3.96. The van der Waals surface area contributed by atoms with Crippen LogP contribution < -0.4 is 10.1 Å². The van der Waals surface area contributed by atoms with E-state index in [4.69, 9.17) is 4.74 Å². The lowest BCUT2D eigenvalue weighted by molar-refractivity contribution is -0.155. The van der Waals surface area contributed by atoms with Gasteiger partial charge in [0.05, 0.1) is 12.8 Å². The van der Waals surface area contributed by atoms with Crippen molar-refractivity contribution in [1.29, 1.82) is 0 Å². The molecule has 1 aromatic carbocycles. The van der Waals surface area contributed by atoms with Gasteiger partial charge in [-0.1, -0.05) is 12.1 Å². The standard InChI is InChI=1S/C20H24N2O2/c1-24-14-4-2-3-13-16(14)21-19-8-6-18(7-9-19)15(23)5-11-22-12-10-20(13,19)17(18)22/h2-4,17,21H,5-12H2,1H3/t17-,18?,19?,20+/m0/s1. The summed E-state index contributed by atoms with van der Waals surface area (Å²) < 4.78 is 5.68. The molecule has 3 saturated carbocycles. The third-order valence-electron chi connectivity index (χ3n) is 8.27. The molecule has 2 bridgehead atoms. The number of ketones is 1. The van der Waals surface area contributed by atoms with Gasteiger partial charge in [-0.05, 0) is 50.3 Å². The Labute approximate surface area is 142 Å². The zero-order valence-corrected chi connectivity index (χ0v) is 14.2. The smallest absolute Gasteiger partial charge is 0.142 e. The number of rotatable bonds is 1. The molecule has 7 rings (SSSR count). The molecule has 0 unspecified atom stereocenters. The lowest BCUT2D eigenvalue weighted by Gasteiger charge is -2.66. The Bertz CT molecular complexity index is 765. The molecule has 1 aromatic rings. The molecule has 1 N–H and O–H groups in total. The van der Waals surface area contributed by atoms with E-state index in [1.807, 2.05) is 0 Å². The number of carbonyl (C=O) groups excluding carboxylic acids is 1. The summed E-state index contributed by atoms with van der Waals surface area (Å²) in [5.41, 5.74) is 2.78. The van der Waals surface area contributed by atoms with Gasteiger partial charge in [0.2, 0.25) is 0 Å². The Kier molecular flexibility index (Phi) is 2.28. The van der Waals surface area contributed by atoms with Gasteiger partial charge in [0.1, 0.15) is 11.5 Å². The predicted molar refractivity (Wildman–Crippen MR) is 91.5 cm³/mol. The van der Waals surface area contributed by atoms with Gasteiger partial charge in [0.15, 0.2) is 0 Å². The quantitative estimate of drug-likeness (QED) is 0.862. The number of anilines is 1. The second-order valence-corrected chi connectivity index (χ2v) is 8.58. The van der Waals surface area contributed by atoms with Crippen LogP contribution in [0.15, 0.2) is 18.2 Å². The molecule has 4 nitrogen and oxygen atoms in total. The molecule has 3 heterocycles. The van der Waals surface area contributed by atoms with Crippen LogP contribution in [-0.4, -0.2) is 42.5 Å². The maximum absolute atomic E-state index is 13.1. The van der Waals surface area contributed by atoms with Crippen molar-refractivity contribution in [1.82, 2.24) is 4.90 Å². The van der Waals surface area contributed by atoms with E-state index in [9.17, 15) is 4.79 Å². The van der Waals surface area contributed by atoms with Gasteiger partial charge in [-0.3, -0.25) is 9.69 Å². The van der Waals surface area contributed by atoms with E-state index in [-0.39, 0.29) is 16.4 Å². The van der Waals surface area contributed by atoms with E-state index in [1.54, 1.807) is 7.11 Å². The van der Waals surface area contributed by atoms with Crippen molar-refractivity contribution >= 4 is 11.5 Å². The molecule has 3 aliphatic heterocycles. The SMILES string of the molecule is COc1cccc2c1NC13CCC4(CC1)C(=O)CCN1CC[C@]23[C@@H]14. The third kappa shape index (κ3) is 1.17. The van der Waals surface area contributed by atoms with Crippen molar-refractivity contribution in [3.05, 3.63) is 23.8 Å².